The molecule has 1 aromatic carbocycles. The summed E-state index contributed by atoms with van der Waals surface area (Å²) < 4.78 is 7.28. The minimum atomic E-state index is -1.29. The topological polar surface area (TPSA) is 111 Å². The van der Waals surface area contributed by atoms with Crippen LogP contribution in [0.25, 0.3) is 33.2 Å². The van der Waals surface area contributed by atoms with Gasteiger partial charge >= 0.3 is 51.4 Å². The van der Waals surface area contributed by atoms with Gasteiger partial charge in [0.15, 0.2) is 5.82 Å². The molecule has 0 saturated carbocycles. The summed E-state index contributed by atoms with van der Waals surface area (Å²) in [6.07, 6.45) is 0.646. The van der Waals surface area contributed by atoms with E-state index < -0.39 is 5.97 Å². The van der Waals surface area contributed by atoms with Gasteiger partial charge < -0.3 is 19.2 Å². The minimum Gasteiger partial charge on any atom is -0.542 e. The average molecular weight is 447 g/mol. The molecule has 0 fully saturated rings. The van der Waals surface area contributed by atoms with Crippen LogP contribution in [0.2, 0.25) is 0 Å². The molecule has 0 aliphatic carbocycles. The first-order valence-electron chi connectivity index (χ1n) is 8.88. The van der Waals surface area contributed by atoms with E-state index in [9.17, 15) is 9.90 Å². The van der Waals surface area contributed by atoms with Crippen molar-refractivity contribution in [3.63, 3.8) is 0 Å². The Morgan fingerprint density at radius 3 is 2.77 bits per heavy atom. The van der Waals surface area contributed by atoms with Crippen LogP contribution in [0.4, 0.5) is 0 Å². The van der Waals surface area contributed by atoms with Gasteiger partial charge in [-0.2, -0.15) is 4.80 Å². The molecule has 0 unspecified atom stereocenters. The van der Waals surface area contributed by atoms with Crippen LogP contribution < -0.4 is 61.2 Å². The third-order valence-electron chi connectivity index (χ3n) is 4.94. The Balaban J connectivity index is 0.00000218. The van der Waals surface area contributed by atoms with Crippen LogP contribution in [0.3, 0.4) is 0 Å². The second kappa shape index (κ2) is 8.33. The maximum absolute atomic E-state index is 11.7. The number of benzene rings is 1. The van der Waals surface area contributed by atoms with Crippen LogP contribution in [0, 0.1) is 0 Å². The van der Waals surface area contributed by atoms with E-state index in [1.54, 1.807) is 18.7 Å². The van der Waals surface area contributed by atoms with Crippen molar-refractivity contribution in [1.29, 1.82) is 0 Å². The smallest absolute Gasteiger partial charge is 0.542 e. The van der Waals surface area contributed by atoms with Crippen molar-refractivity contribution in [3.05, 3.63) is 41.0 Å². The number of carbonyl (C=O) groups is 1. The Labute approximate surface area is 218 Å². The Bertz CT molecular complexity index is 1250. The standard InChI is InChI=1S/C19H16N6O3S.K/c1-24-22-17(21-23-24)12-9-11-10(8-13(12)28-2)5-6-25-16(11)15(14-4-3-7-29-14)20-18(25)19(26)27;/h3-4,7-9H,5-6H2,1-2H3,(H,26,27);/q;+1/p-1. The number of ether oxygens (including phenoxy) is 1. The van der Waals surface area contributed by atoms with E-state index >= 15 is 0 Å². The molecular weight excluding hydrogens is 431 g/mol. The Hall–Kier alpha value is -1.89. The SMILES string of the molecule is COc1cc2c(cc1-c1nnn(C)n1)-c1c(-c3cccs3)nc(C(=O)[O-])n1CC2.[K+]. The first kappa shape index (κ1) is 21.3. The molecule has 0 radical (unpaired) electrons. The first-order chi connectivity index (χ1) is 14.1. The summed E-state index contributed by atoms with van der Waals surface area (Å²) in [6.45, 7) is 0.496. The molecule has 0 spiro atoms. The number of carboxylic acids is 1. The zero-order valence-electron chi connectivity index (χ0n) is 16.6. The van der Waals surface area contributed by atoms with Gasteiger partial charge in [-0.05, 0) is 40.8 Å². The number of fused-ring (bicyclic) bond motifs is 3. The maximum atomic E-state index is 11.7. The molecule has 0 bridgehead atoms. The van der Waals surface area contributed by atoms with Crippen molar-refractivity contribution in [2.45, 2.75) is 13.0 Å². The Morgan fingerprint density at radius 2 is 2.13 bits per heavy atom. The molecule has 1 aliphatic rings. The van der Waals surface area contributed by atoms with E-state index in [0.717, 1.165) is 21.7 Å². The predicted molar refractivity (Wildman–Crippen MR) is 103 cm³/mol. The maximum Gasteiger partial charge on any atom is 1.00 e. The molecular formula is C19H15KN6O3S. The fourth-order valence-corrected chi connectivity index (χ4v) is 4.42. The van der Waals surface area contributed by atoms with E-state index in [-0.39, 0.29) is 57.2 Å². The van der Waals surface area contributed by atoms with Crippen molar-refractivity contribution >= 4 is 17.3 Å². The number of hydrogen-bond donors (Lipinski definition) is 0. The van der Waals surface area contributed by atoms with Crippen molar-refractivity contribution in [2.24, 2.45) is 7.05 Å². The predicted octanol–water partition coefficient (Wildman–Crippen LogP) is -1.60. The number of thiophene rings is 1. The normalized spacial score (nSPS) is 12.1. The second-order valence-corrected chi connectivity index (χ2v) is 7.56. The second-order valence-electron chi connectivity index (χ2n) is 6.61. The molecule has 3 aromatic heterocycles. The van der Waals surface area contributed by atoms with Gasteiger partial charge in [0, 0.05) is 12.1 Å². The first-order valence-corrected chi connectivity index (χ1v) is 9.76. The van der Waals surface area contributed by atoms with Crippen LogP contribution in [-0.2, 0) is 20.0 Å². The number of carbonyl (C=O) groups excluding carboxylic acids is 1. The Morgan fingerprint density at radius 1 is 1.30 bits per heavy atom. The van der Waals surface area contributed by atoms with Gasteiger partial charge in [0.2, 0.25) is 5.82 Å². The minimum absolute atomic E-state index is 0. The molecule has 0 atom stereocenters. The number of carboxylic acid groups (broad SMARTS) is 1. The summed E-state index contributed by atoms with van der Waals surface area (Å²) in [5.41, 5.74) is 3.98. The zero-order chi connectivity index (χ0) is 20.1. The summed E-state index contributed by atoms with van der Waals surface area (Å²) in [5, 5.41) is 26.0. The largest absolute Gasteiger partial charge is 1.00 e. The number of hydrogen-bond acceptors (Lipinski definition) is 8. The Kier molecular flexibility index (Phi) is 5.92. The summed E-state index contributed by atoms with van der Waals surface area (Å²) in [6, 6.07) is 7.72. The van der Waals surface area contributed by atoms with Crippen molar-refractivity contribution < 1.29 is 66.0 Å². The number of aromatic nitrogens is 6. The molecule has 146 valence electrons. The number of methoxy groups -OCH3 is 1. The summed E-state index contributed by atoms with van der Waals surface area (Å²) in [4.78, 5) is 18.4. The van der Waals surface area contributed by atoms with Crippen LogP contribution in [0.1, 0.15) is 16.2 Å². The van der Waals surface area contributed by atoms with Gasteiger partial charge in [0.25, 0.3) is 0 Å². The molecule has 0 N–H and O–H groups in total. The van der Waals surface area contributed by atoms with Gasteiger partial charge in [-0.15, -0.1) is 21.5 Å². The van der Waals surface area contributed by atoms with Crippen molar-refractivity contribution in [1.82, 2.24) is 29.8 Å². The van der Waals surface area contributed by atoms with Crippen molar-refractivity contribution in [2.75, 3.05) is 7.11 Å². The van der Waals surface area contributed by atoms with E-state index in [4.69, 9.17) is 4.74 Å². The molecule has 11 heteroatoms. The fourth-order valence-electron chi connectivity index (χ4n) is 3.70. The number of rotatable bonds is 4. The number of imidazole rings is 1. The molecule has 0 amide bonds. The van der Waals surface area contributed by atoms with E-state index in [0.29, 0.717) is 35.8 Å². The van der Waals surface area contributed by atoms with Gasteiger partial charge in [0.1, 0.15) is 17.4 Å². The van der Waals surface area contributed by atoms with E-state index in [2.05, 4.69) is 20.4 Å². The van der Waals surface area contributed by atoms with Gasteiger partial charge in [-0.1, -0.05) is 6.07 Å². The number of aryl methyl sites for hydroxylation is 2. The molecule has 9 nitrogen and oxygen atoms in total. The molecule has 0 saturated heterocycles. The molecule has 4 heterocycles. The monoisotopic (exact) mass is 446 g/mol. The van der Waals surface area contributed by atoms with Crippen molar-refractivity contribution in [3.8, 4) is 39.0 Å². The van der Waals surface area contributed by atoms with Gasteiger partial charge in [-0.3, -0.25) is 0 Å². The quantitative estimate of drug-likeness (QED) is 0.347. The number of aromatic carboxylic acids is 1. The third-order valence-corrected chi connectivity index (χ3v) is 5.82. The molecule has 1 aliphatic heterocycles. The number of tetrazole rings is 1. The zero-order valence-corrected chi connectivity index (χ0v) is 20.6. The number of nitrogens with zero attached hydrogens (tertiary/aromatic N) is 6. The van der Waals surface area contributed by atoms with Crippen LogP contribution >= 0.6 is 11.3 Å². The van der Waals surface area contributed by atoms with Crippen LogP contribution in [0.5, 0.6) is 5.75 Å². The van der Waals surface area contributed by atoms with E-state index in [1.807, 2.05) is 29.6 Å². The average Bonchev–Trinajstić information content (AvgIpc) is 3.45. The van der Waals surface area contributed by atoms with Gasteiger partial charge in [-0.25, -0.2) is 4.98 Å². The van der Waals surface area contributed by atoms with Gasteiger partial charge in [0.05, 0.1) is 30.3 Å². The van der Waals surface area contributed by atoms with Crippen LogP contribution in [0.15, 0.2) is 29.6 Å². The molecule has 4 aromatic rings. The van der Waals surface area contributed by atoms with E-state index in [1.165, 1.54) is 16.1 Å². The fraction of sp³-hybridized carbons (Fsp3) is 0.211. The third kappa shape index (κ3) is 3.45. The molecule has 5 rings (SSSR count). The summed E-state index contributed by atoms with van der Waals surface area (Å²) in [5.74, 6) is -0.282. The molecule has 30 heavy (non-hydrogen) atoms. The summed E-state index contributed by atoms with van der Waals surface area (Å²) in [7, 11) is 3.29. The van der Waals surface area contributed by atoms with Crippen LogP contribution in [-0.4, -0.2) is 42.8 Å². The summed E-state index contributed by atoms with van der Waals surface area (Å²) >= 11 is 1.51.